The van der Waals surface area contributed by atoms with Gasteiger partial charge in [-0.1, -0.05) is 39.3 Å². The maximum atomic E-state index is 11.9. The molecule has 1 rings (SSSR count). The summed E-state index contributed by atoms with van der Waals surface area (Å²) in [5.41, 5.74) is 2.08. The van der Waals surface area contributed by atoms with Crippen LogP contribution in [0.25, 0.3) is 0 Å². The Kier molecular flexibility index (Phi) is 6.57. The number of anilines is 1. The lowest BCUT2D eigenvalue weighted by Gasteiger charge is -2.15. The first-order chi connectivity index (χ1) is 9.06. The van der Waals surface area contributed by atoms with Gasteiger partial charge in [-0.2, -0.15) is 0 Å². The van der Waals surface area contributed by atoms with E-state index in [9.17, 15) is 4.79 Å². The smallest absolute Gasteiger partial charge is 0.224 e. The molecule has 1 amide bonds. The molecule has 106 valence electrons. The van der Waals surface area contributed by atoms with Gasteiger partial charge in [0, 0.05) is 18.2 Å². The molecule has 0 aliphatic carbocycles. The van der Waals surface area contributed by atoms with Gasteiger partial charge in [0.05, 0.1) is 0 Å². The number of carbonyl (C=O) groups excluding carboxylic acids is 1. The largest absolute Gasteiger partial charge is 0.326 e. The first kappa shape index (κ1) is 15.7. The molecule has 1 aromatic rings. The van der Waals surface area contributed by atoms with Crippen LogP contribution in [-0.2, 0) is 4.79 Å². The van der Waals surface area contributed by atoms with Crippen LogP contribution >= 0.6 is 0 Å². The molecular weight excluding hydrogens is 236 g/mol. The molecule has 0 saturated carbocycles. The van der Waals surface area contributed by atoms with Crippen LogP contribution in [0.2, 0.25) is 0 Å². The van der Waals surface area contributed by atoms with Crippen molar-refractivity contribution in [1.82, 2.24) is 5.32 Å². The van der Waals surface area contributed by atoms with Gasteiger partial charge < -0.3 is 10.6 Å². The van der Waals surface area contributed by atoms with Crippen molar-refractivity contribution in [1.29, 1.82) is 0 Å². The SMILES string of the molecule is CCNC(C)c1cccc(NC(=O)CC(C)CC)c1. The van der Waals surface area contributed by atoms with E-state index in [0.29, 0.717) is 18.4 Å². The zero-order valence-corrected chi connectivity index (χ0v) is 12.5. The molecule has 0 radical (unpaired) electrons. The summed E-state index contributed by atoms with van der Waals surface area (Å²) in [4.78, 5) is 11.9. The van der Waals surface area contributed by atoms with Crippen LogP contribution in [0.15, 0.2) is 24.3 Å². The summed E-state index contributed by atoms with van der Waals surface area (Å²) < 4.78 is 0. The Labute approximate surface area is 116 Å². The second-order valence-corrected chi connectivity index (χ2v) is 5.17. The van der Waals surface area contributed by atoms with Crippen molar-refractivity contribution in [2.24, 2.45) is 5.92 Å². The second kappa shape index (κ2) is 7.95. The van der Waals surface area contributed by atoms with E-state index in [1.807, 2.05) is 18.2 Å². The van der Waals surface area contributed by atoms with E-state index in [-0.39, 0.29) is 5.91 Å². The Bertz CT molecular complexity index is 403. The number of carbonyl (C=O) groups is 1. The number of amides is 1. The Morgan fingerprint density at radius 1 is 1.26 bits per heavy atom. The Balaban J connectivity index is 2.64. The lowest BCUT2D eigenvalue weighted by molar-refractivity contribution is -0.117. The third-order valence-electron chi connectivity index (χ3n) is 3.41. The first-order valence-corrected chi connectivity index (χ1v) is 7.20. The lowest BCUT2D eigenvalue weighted by Crippen LogP contribution is -2.18. The molecule has 19 heavy (non-hydrogen) atoms. The van der Waals surface area contributed by atoms with Crippen LogP contribution in [0, 0.1) is 5.92 Å². The van der Waals surface area contributed by atoms with E-state index < -0.39 is 0 Å². The average Bonchev–Trinajstić information content (AvgIpc) is 2.39. The molecule has 0 spiro atoms. The second-order valence-electron chi connectivity index (χ2n) is 5.17. The van der Waals surface area contributed by atoms with Crippen molar-refractivity contribution < 1.29 is 4.79 Å². The van der Waals surface area contributed by atoms with Crippen molar-refractivity contribution in [3.05, 3.63) is 29.8 Å². The molecule has 0 aliphatic heterocycles. The van der Waals surface area contributed by atoms with Crippen molar-refractivity contribution in [3.63, 3.8) is 0 Å². The van der Waals surface area contributed by atoms with E-state index in [1.165, 1.54) is 5.56 Å². The highest BCUT2D eigenvalue weighted by Gasteiger charge is 2.09. The van der Waals surface area contributed by atoms with Crippen LogP contribution in [0.5, 0.6) is 0 Å². The molecule has 2 N–H and O–H groups in total. The molecule has 0 aromatic heterocycles. The summed E-state index contributed by atoms with van der Waals surface area (Å²) in [5, 5.41) is 6.35. The highest BCUT2D eigenvalue weighted by atomic mass is 16.1. The highest BCUT2D eigenvalue weighted by molar-refractivity contribution is 5.90. The monoisotopic (exact) mass is 262 g/mol. The van der Waals surface area contributed by atoms with E-state index in [2.05, 4.69) is 44.4 Å². The lowest BCUT2D eigenvalue weighted by atomic mass is 10.0. The molecule has 0 bridgehead atoms. The number of nitrogens with one attached hydrogen (secondary N) is 2. The zero-order valence-electron chi connectivity index (χ0n) is 12.5. The molecule has 0 fully saturated rings. The Morgan fingerprint density at radius 3 is 2.63 bits per heavy atom. The van der Waals surface area contributed by atoms with Crippen molar-refractivity contribution in [3.8, 4) is 0 Å². The maximum absolute atomic E-state index is 11.9. The molecule has 1 aromatic carbocycles. The maximum Gasteiger partial charge on any atom is 0.224 e. The molecule has 2 atom stereocenters. The minimum atomic E-state index is 0.0996. The molecule has 0 heterocycles. The third-order valence-corrected chi connectivity index (χ3v) is 3.41. The molecule has 0 aliphatic rings. The van der Waals surface area contributed by atoms with E-state index in [4.69, 9.17) is 0 Å². The van der Waals surface area contributed by atoms with Crippen LogP contribution < -0.4 is 10.6 Å². The zero-order chi connectivity index (χ0) is 14.3. The summed E-state index contributed by atoms with van der Waals surface area (Å²) in [5.74, 6) is 0.534. The number of rotatable bonds is 7. The fourth-order valence-corrected chi connectivity index (χ4v) is 1.98. The van der Waals surface area contributed by atoms with E-state index in [1.54, 1.807) is 0 Å². The fourth-order valence-electron chi connectivity index (χ4n) is 1.98. The van der Waals surface area contributed by atoms with Gasteiger partial charge in [0.15, 0.2) is 0 Å². The van der Waals surface area contributed by atoms with Gasteiger partial charge in [0.1, 0.15) is 0 Å². The first-order valence-electron chi connectivity index (χ1n) is 7.20. The Hall–Kier alpha value is -1.35. The molecule has 3 nitrogen and oxygen atoms in total. The summed E-state index contributed by atoms with van der Waals surface area (Å²) in [6.07, 6.45) is 1.62. The molecule has 0 saturated heterocycles. The normalized spacial score (nSPS) is 13.9. The standard InChI is InChI=1S/C16H26N2O/c1-5-12(3)10-16(19)18-15-9-7-8-14(11-15)13(4)17-6-2/h7-9,11-13,17H,5-6,10H2,1-4H3,(H,18,19). The van der Waals surface area contributed by atoms with Gasteiger partial charge >= 0.3 is 0 Å². The summed E-state index contributed by atoms with van der Waals surface area (Å²) in [6, 6.07) is 8.36. The molecule has 3 heteroatoms. The quantitative estimate of drug-likeness (QED) is 0.786. The van der Waals surface area contributed by atoms with Gasteiger partial charge in [0.2, 0.25) is 5.91 Å². The van der Waals surface area contributed by atoms with Gasteiger partial charge in [-0.15, -0.1) is 0 Å². The van der Waals surface area contributed by atoms with E-state index in [0.717, 1.165) is 18.7 Å². The fraction of sp³-hybridized carbons (Fsp3) is 0.562. The third kappa shape index (κ3) is 5.43. The number of benzene rings is 1. The summed E-state index contributed by atoms with van der Waals surface area (Å²) in [7, 11) is 0. The average molecular weight is 262 g/mol. The number of hydrogen-bond acceptors (Lipinski definition) is 2. The van der Waals surface area contributed by atoms with Gasteiger partial charge in [0.25, 0.3) is 0 Å². The van der Waals surface area contributed by atoms with Gasteiger partial charge in [-0.05, 0) is 37.1 Å². The summed E-state index contributed by atoms with van der Waals surface area (Å²) in [6.45, 7) is 9.36. The van der Waals surface area contributed by atoms with Crippen LogP contribution in [0.3, 0.4) is 0 Å². The van der Waals surface area contributed by atoms with E-state index >= 15 is 0 Å². The minimum Gasteiger partial charge on any atom is -0.326 e. The van der Waals surface area contributed by atoms with Crippen molar-refractivity contribution in [2.75, 3.05) is 11.9 Å². The predicted octanol–water partition coefficient (Wildman–Crippen LogP) is 3.73. The minimum absolute atomic E-state index is 0.0996. The van der Waals surface area contributed by atoms with Crippen LogP contribution in [0.4, 0.5) is 5.69 Å². The molecular formula is C16H26N2O. The molecule has 2 unspecified atom stereocenters. The highest BCUT2D eigenvalue weighted by Crippen LogP contribution is 2.18. The Morgan fingerprint density at radius 2 is 2.00 bits per heavy atom. The summed E-state index contributed by atoms with van der Waals surface area (Å²) >= 11 is 0. The van der Waals surface area contributed by atoms with Crippen molar-refractivity contribution in [2.45, 2.75) is 46.6 Å². The number of hydrogen-bond donors (Lipinski definition) is 2. The van der Waals surface area contributed by atoms with Crippen LogP contribution in [-0.4, -0.2) is 12.5 Å². The predicted molar refractivity (Wildman–Crippen MR) is 81.2 cm³/mol. The van der Waals surface area contributed by atoms with Gasteiger partial charge in [-0.25, -0.2) is 0 Å². The van der Waals surface area contributed by atoms with Gasteiger partial charge in [-0.3, -0.25) is 4.79 Å². The van der Waals surface area contributed by atoms with Crippen molar-refractivity contribution >= 4 is 11.6 Å². The topological polar surface area (TPSA) is 41.1 Å². The van der Waals surface area contributed by atoms with Crippen LogP contribution in [0.1, 0.15) is 52.1 Å².